The second-order valence-electron chi connectivity index (χ2n) is 5.25. The van der Waals surface area contributed by atoms with Crippen LogP contribution in [0.4, 0.5) is 8.78 Å². The topological polar surface area (TPSA) is 63.3 Å². The van der Waals surface area contributed by atoms with Crippen LogP contribution < -0.4 is 5.73 Å². The lowest BCUT2D eigenvalue weighted by Crippen LogP contribution is -2.25. The van der Waals surface area contributed by atoms with Crippen molar-refractivity contribution < 1.29 is 18.7 Å². The molecule has 0 radical (unpaired) electrons. The largest absolute Gasteiger partial charge is 0.481 e. The fraction of sp³-hybridized carbons (Fsp3) is 0.533. The van der Waals surface area contributed by atoms with Crippen LogP contribution in [0.15, 0.2) is 18.2 Å². The average molecular weight is 285 g/mol. The van der Waals surface area contributed by atoms with Crippen molar-refractivity contribution in [3.8, 4) is 0 Å². The zero-order valence-corrected chi connectivity index (χ0v) is 11.6. The van der Waals surface area contributed by atoms with Crippen molar-refractivity contribution in [2.24, 2.45) is 17.6 Å². The van der Waals surface area contributed by atoms with E-state index in [0.717, 1.165) is 24.5 Å². The summed E-state index contributed by atoms with van der Waals surface area (Å²) in [6.45, 7) is 2.12. The fourth-order valence-corrected chi connectivity index (χ4v) is 2.25. The number of nitrogens with two attached hydrogens (primary N) is 1. The van der Waals surface area contributed by atoms with Crippen LogP contribution in [-0.2, 0) is 11.2 Å². The molecule has 0 saturated carbocycles. The van der Waals surface area contributed by atoms with Gasteiger partial charge in [0.15, 0.2) is 11.6 Å². The molecule has 0 unspecified atom stereocenters. The van der Waals surface area contributed by atoms with Crippen LogP contribution in [0.25, 0.3) is 0 Å². The predicted molar refractivity (Wildman–Crippen MR) is 73.3 cm³/mol. The number of benzene rings is 1. The zero-order valence-electron chi connectivity index (χ0n) is 11.6. The Bertz CT molecular complexity index is 451. The number of aliphatic carboxylic acids is 1. The molecule has 0 amide bonds. The minimum absolute atomic E-state index is 0.142. The van der Waals surface area contributed by atoms with E-state index in [1.165, 1.54) is 6.07 Å². The zero-order chi connectivity index (χ0) is 15.1. The molecule has 0 aliphatic carbocycles. The third-order valence-corrected chi connectivity index (χ3v) is 3.47. The lowest BCUT2D eigenvalue weighted by atomic mass is 9.91. The number of hydrogen-bond donors (Lipinski definition) is 2. The summed E-state index contributed by atoms with van der Waals surface area (Å²) < 4.78 is 25.8. The second-order valence-corrected chi connectivity index (χ2v) is 5.25. The van der Waals surface area contributed by atoms with Crippen molar-refractivity contribution in [2.75, 3.05) is 6.54 Å². The van der Waals surface area contributed by atoms with Gasteiger partial charge in [0.1, 0.15) is 0 Å². The first-order valence-electron chi connectivity index (χ1n) is 6.80. The van der Waals surface area contributed by atoms with Crippen LogP contribution in [0.5, 0.6) is 0 Å². The van der Waals surface area contributed by atoms with E-state index < -0.39 is 23.5 Å². The quantitative estimate of drug-likeness (QED) is 0.772. The first kappa shape index (κ1) is 16.6. The van der Waals surface area contributed by atoms with E-state index in [0.29, 0.717) is 12.8 Å². The predicted octanol–water partition coefficient (Wildman–Crippen LogP) is 2.97. The smallest absolute Gasteiger partial charge is 0.307 e. The minimum Gasteiger partial charge on any atom is -0.481 e. The number of aryl methyl sites for hydroxylation is 1. The molecule has 1 aromatic rings. The van der Waals surface area contributed by atoms with Gasteiger partial charge in [-0.1, -0.05) is 19.4 Å². The highest BCUT2D eigenvalue weighted by Crippen LogP contribution is 2.19. The molecule has 0 spiro atoms. The molecule has 0 bridgehead atoms. The first-order chi connectivity index (χ1) is 9.43. The van der Waals surface area contributed by atoms with Crippen LogP contribution in [0, 0.1) is 23.5 Å². The third-order valence-electron chi connectivity index (χ3n) is 3.47. The molecule has 0 aromatic heterocycles. The summed E-state index contributed by atoms with van der Waals surface area (Å²) >= 11 is 0. The van der Waals surface area contributed by atoms with Crippen molar-refractivity contribution in [1.29, 1.82) is 0 Å². The van der Waals surface area contributed by atoms with Gasteiger partial charge in [0.25, 0.3) is 0 Å². The summed E-state index contributed by atoms with van der Waals surface area (Å²) in [5.41, 5.74) is 6.17. The highest BCUT2D eigenvalue weighted by atomic mass is 19.2. The summed E-state index contributed by atoms with van der Waals surface area (Å²) in [7, 11) is 0. The summed E-state index contributed by atoms with van der Waals surface area (Å²) in [5.74, 6) is -2.79. The number of carboxylic acids is 1. The van der Waals surface area contributed by atoms with Crippen LogP contribution in [-0.4, -0.2) is 17.6 Å². The molecule has 1 aromatic carbocycles. The molecule has 1 rings (SSSR count). The van der Waals surface area contributed by atoms with Gasteiger partial charge in [0, 0.05) is 6.54 Å². The molecule has 112 valence electrons. The normalized spacial score (nSPS) is 14.0. The maximum Gasteiger partial charge on any atom is 0.307 e. The monoisotopic (exact) mass is 285 g/mol. The van der Waals surface area contributed by atoms with Gasteiger partial charge in [-0.15, -0.1) is 0 Å². The summed E-state index contributed by atoms with van der Waals surface area (Å²) in [4.78, 5) is 10.9. The van der Waals surface area contributed by atoms with Crippen molar-refractivity contribution >= 4 is 5.97 Å². The van der Waals surface area contributed by atoms with Gasteiger partial charge < -0.3 is 10.8 Å². The van der Waals surface area contributed by atoms with Crippen LogP contribution in [0.2, 0.25) is 0 Å². The van der Waals surface area contributed by atoms with Crippen molar-refractivity contribution in [2.45, 2.75) is 32.6 Å². The van der Waals surface area contributed by atoms with E-state index in [1.54, 1.807) is 6.07 Å². The number of carbonyl (C=O) groups is 1. The lowest BCUT2D eigenvalue weighted by molar-refractivity contribution is -0.141. The molecule has 0 heterocycles. The van der Waals surface area contributed by atoms with Gasteiger partial charge in [-0.3, -0.25) is 4.79 Å². The molecule has 0 aliphatic heterocycles. The summed E-state index contributed by atoms with van der Waals surface area (Å²) in [6, 6.07) is 3.91. The Morgan fingerprint density at radius 3 is 2.60 bits per heavy atom. The molecule has 0 saturated heterocycles. The van der Waals surface area contributed by atoms with Crippen LogP contribution in [0.3, 0.4) is 0 Å². The van der Waals surface area contributed by atoms with Gasteiger partial charge in [-0.05, 0) is 42.9 Å². The van der Waals surface area contributed by atoms with Gasteiger partial charge in [-0.25, -0.2) is 8.78 Å². The number of hydrogen-bond acceptors (Lipinski definition) is 2. The van der Waals surface area contributed by atoms with Crippen LogP contribution >= 0.6 is 0 Å². The number of rotatable bonds is 8. The van der Waals surface area contributed by atoms with E-state index in [2.05, 4.69) is 0 Å². The molecular formula is C15H21F2NO2. The molecule has 2 atom stereocenters. The molecule has 5 heteroatoms. The Labute approximate surface area is 117 Å². The van der Waals surface area contributed by atoms with Gasteiger partial charge >= 0.3 is 5.97 Å². The number of carboxylic acid groups (broad SMARTS) is 1. The Hall–Kier alpha value is -1.49. The average Bonchev–Trinajstić information content (AvgIpc) is 2.39. The fourth-order valence-electron chi connectivity index (χ4n) is 2.25. The highest BCUT2D eigenvalue weighted by molar-refractivity contribution is 5.70. The van der Waals surface area contributed by atoms with Gasteiger partial charge in [-0.2, -0.15) is 0 Å². The molecular weight excluding hydrogens is 264 g/mol. The highest BCUT2D eigenvalue weighted by Gasteiger charge is 2.18. The molecule has 20 heavy (non-hydrogen) atoms. The minimum atomic E-state index is -0.861. The molecule has 0 aliphatic rings. The third kappa shape index (κ3) is 5.25. The molecule has 0 fully saturated rings. The molecule has 3 nitrogen and oxygen atoms in total. The second kappa shape index (κ2) is 7.94. The Balaban J connectivity index is 2.36. The van der Waals surface area contributed by atoms with E-state index in [4.69, 9.17) is 10.8 Å². The maximum absolute atomic E-state index is 13.0. The van der Waals surface area contributed by atoms with Crippen molar-refractivity contribution in [3.05, 3.63) is 35.4 Å². The Morgan fingerprint density at radius 1 is 1.35 bits per heavy atom. The Morgan fingerprint density at radius 2 is 2.05 bits per heavy atom. The lowest BCUT2D eigenvalue weighted by Gasteiger charge is -2.16. The van der Waals surface area contributed by atoms with E-state index >= 15 is 0 Å². The molecule has 3 N–H and O–H groups in total. The first-order valence-corrected chi connectivity index (χ1v) is 6.80. The summed E-state index contributed by atoms with van der Waals surface area (Å²) in [5, 5.41) is 8.92. The Kier molecular flexibility index (Phi) is 6.58. The van der Waals surface area contributed by atoms with Gasteiger partial charge in [0.05, 0.1) is 5.92 Å². The summed E-state index contributed by atoms with van der Waals surface area (Å²) in [6.07, 6.45) is 2.84. The van der Waals surface area contributed by atoms with Crippen molar-refractivity contribution in [3.63, 3.8) is 0 Å². The van der Waals surface area contributed by atoms with E-state index in [9.17, 15) is 13.6 Å². The van der Waals surface area contributed by atoms with Gasteiger partial charge in [0.2, 0.25) is 0 Å². The van der Waals surface area contributed by atoms with E-state index in [1.807, 2.05) is 6.92 Å². The maximum atomic E-state index is 13.0. The standard InChI is InChI=1S/C15H21F2NO2/c1-10(7-12(9-18)15(19)20)3-2-4-11-5-6-13(16)14(17)8-11/h5-6,8,10,12H,2-4,7,9,18H2,1H3,(H,19,20)/t10-,12+/m0/s1. The number of halogens is 2. The van der Waals surface area contributed by atoms with E-state index in [-0.39, 0.29) is 12.5 Å². The SMILES string of the molecule is C[C@@H](CCCc1ccc(F)c(F)c1)C[C@H](CN)C(=O)O. The van der Waals surface area contributed by atoms with Crippen LogP contribution in [0.1, 0.15) is 31.7 Å². The van der Waals surface area contributed by atoms with Crippen molar-refractivity contribution in [1.82, 2.24) is 0 Å².